The van der Waals surface area contributed by atoms with Gasteiger partial charge in [0.25, 0.3) is 0 Å². The molecule has 0 aliphatic carbocycles. The van der Waals surface area contributed by atoms with E-state index in [1.54, 1.807) is 0 Å². The molecule has 1 aromatic rings. The van der Waals surface area contributed by atoms with E-state index in [0.29, 0.717) is 5.25 Å². The molecule has 2 rings (SSSR count). The zero-order chi connectivity index (χ0) is 16.3. The second kappa shape index (κ2) is 7.39. The van der Waals surface area contributed by atoms with E-state index in [1.165, 1.54) is 4.90 Å². The van der Waals surface area contributed by atoms with Crippen molar-refractivity contribution < 1.29 is 10.1 Å². The van der Waals surface area contributed by atoms with Crippen LogP contribution < -0.4 is 0 Å². The first-order valence-electron chi connectivity index (χ1n) is 8.22. The maximum atomic E-state index is 11.0. The maximum absolute atomic E-state index is 11.0. The first-order valence-corrected chi connectivity index (χ1v) is 9.10. The van der Waals surface area contributed by atoms with E-state index in [0.717, 1.165) is 31.5 Å². The molecule has 22 heavy (non-hydrogen) atoms. The Bertz CT molecular complexity index is 468. The number of thioether (sulfide) groups is 1. The number of rotatable bonds is 5. The van der Waals surface area contributed by atoms with Gasteiger partial charge in [0.1, 0.15) is 0 Å². The Morgan fingerprint density at radius 2 is 1.77 bits per heavy atom. The lowest BCUT2D eigenvalue weighted by molar-refractivity contribution is -0.0268. The lowest BCUT2D eigenvalue weighted by Crippen LogP contribution is -2.47. The summed E-state index contributed by atoms with van der Waals surface area (Å²) in [4.78, 5) is 3.31. The average Bonchev–Trinajstić information content (AvgIpc) is 2.47. The summed E-state index contributed by atoms with van der Waals surface area (Å²) in [6.07, 6.45) is 1.83. The average molecular weight is 321 g/mol. The summed E-state index contributed by atoms with van der Waals surface area (Å²) in [5.41, 5.74) is 0.197. The number of nitrogens with zero attached hydrogens (tertiary/aromatic N) is 1. The van der Waals surface area contributed by atoms with Gasteiger partial charge < -0.3 is 14.9 Å². The molecular formula is C17H28BNO2S. The van der Waals surface area contributed by atoms with Crippen LogP contribution in [-0.4, -0.2) is 40.3 Å². The SMILES string of the molecule is CB(O)N1CCC(C(C)(O)c2ccc(SC(C)C)cc2)CC1. The summed E-state index contributed by atoms with van der Waals surface area (Å²) >= 11 is 1.84. The van der Waals surface area contributed by atoms with Crippen LogP contribution in [-0.2, 0) is 5.60 Å². The van der Waals surface area contributed by atoms with E-state index >= 15 is 0 Å². The highest BCUT2D eigenvalue weighted by Crippen LogP contribution is 2.37. The van der Waals surface area contributed by atoms with E-state index in [4.69, 9.17) is 0 Å². The van der Waals surface area contributed by atoms with E-state index in [1.807, 2.05) is 25.5 Å². The molecule has 0 saturated carbocycles. The standard InChI is InChI=1S/C17H28BNO2S/c1-13(2)22-16-7-5-14(6-8-16)17(3,20)15-9-11-19(12-10-15)18(4)21/h5-8,13,15,20-21H,9-12H2,1-4H3. The Hall–Kier alpha value is -0.485. The number of aliphatic hydroxyl groups is 1. The van der Waals surface area contributed by atoms with E-state index in [-0.39, 0.29) is 5.92 Å². The quantitative estimate of drug-likeness (QED) is 0.646. The fraction of sp³-hybridized carbons (Fsp3) is 0.647. The molecule has 3 nitrogen and oxygen atoms in total. The van der Waals surface area contributed by atoms with Crippen LogP contribution in [0.25, 0.3) is 0 Å². The van der Waals surface area contributed by atoms with Crippen molar-refractivity contribution in [1.29, 1.82) is 0 Å². The molecular weight excluding hydrogens is 293 g/mol. The highest BCUT2D eigenvalue weighted by Gasteiger charge is 2.36. The van der Waals surface area contributed by atoms with Gasteiger partial charge in [-0.1, -0.05) is 26.0 Å². The predicted molar refractivity (Wildman–Crippen MR) is 95.1 cm³/mol. The van der Waals surface area contributed by atoms with Crippen molar-refractivity contribution in [3.05, 3.63) is 29.8 Å². The maximum Gasteiger partial charge on any atom is 0.376 e. The minimum absolute atomic E-state index is 0.242. The van der Waals surface area contributed by atoms with Crippen LogP contribution in [0.1, 0.15) is 39.2 Å². The summed E-state index contributed by atoms with van der Waals surface area (Å²) in [5.74, 6) is 0.242. The zero-order valence-corrected chi connectivity index (χ0v) is 14.9. The third kappa shape index (κ3) is 4.28. The van der Waals surface area contributed by atoms with Crippen molar-refractivity contribution in [3.8, 4) is 0 Å². The van der Waals surface area contributed by atoms with Gasteiger partial charge in [-0.15, -0.1) is 11.8 Å². The van der Waals surface area contributed by atoms with E-state index < -0.39 is 12.7 Å². The van der Waals surface area contributed by atoms with Gasteiger partial charge in [-0.3, -0.25) is 0 Å². The lowest BCUT2D eigenvalue weighted by Gasteiger charge is -2.40. The van der Waals surface area contributed by atoms with Crippen LogP contribution in [0.4, 0.5) is 0 Å². The Kier molecular flexibility index (Phi) is 6.00. The van der Waals surface area contributed by atoms with E-state index in [9.17, 15) is 10.1 Å². The highest BCUT2D eigenvalue weighted by atomic mass is 32.2. The number of benzene rings is 1. The minimum Gasteiger partial charge on any atom is -0.437 e. The smallest absolute Gasteiger partial charge is 0.376 e. The normalized spacial score (nSPS) is 20.1. The Labute approximate surface area is 139 Å². The molecule has 0 radical (unpaired) electrons. The molecule has 1 saturated heterocycles. The second-order valence-electron chi connectivity index (χ2n) is 6.78. The van der Waals surface area contributed by atoms with Gasteiger partial charge in [-0.05, 0) is 63.3 Å². The zero-order valence-electron chi connectivity index (χ0n) is 14.1. The Balaban J connectivity index is 2.04. The minimum atomic E-state index is -0.800. The Morgan fingerprint density at radius 1 is 1.23 bits per heavy atom. The van der Waals surface area contributed by atoms with Crippen molar-refractivity contribution in [1.82, 2.24) is 4.81 Å². The molecule has 1 aliphatic heterocycles. The molecule has 2 N–H and O–H groups in total. The third-order valence-corrected chi connectivity index (χ3v) is 5.68. The first kappa shape index (κ1) is 17.9. The number of hydrogen-bond donors (Lipinski definition) is 2. The topological polar surface area (TPSA) is 43.7 Å². The highest BCUT2D eigenvalue weighted by molar-refractivity contribution is 7.99. The summed E-state index contributed by atoms with van der Waals surface area (Å²) in [6, 6.07) is 8.34. The van der Waals surface area contributed by atoms with Crippen LogP contribution in [0, 0.1) is 5.92 Å². The number of hydrogen-bond acceptors (Lipinski definition) is 4. The van der Waals surface area contributed by atoms with Gasteiger partial charge in [0.15, 0.2) is 0 Å². The molecule has 0 amide bonds. The largest absolute Gasteiger partial charge is 0.437 e. The van der Waals surface area contributed by atoms with Crippen molar-refractivity contribution in [2.24, 2.45) is 5.92 Å². The first-order chi connectivity index (χ1) is 10.3. The molecule has 1 atom stereocenters. The fourth-order valence-corrected chi connectivity index (χ4v) is 4.05. The molecule has 0 aromatic heterocycles. The molecule has 1 fully saturated rings. The molecule has 1 aromatic carbocycles. The summed E-state index contributed by atoms with van der Waals surface area (Å²) in [7, 11) is -0.391. The third-order valence-electron chi connectivity index (χ3n) is 4.66. The van der Waals surface area contributed by atoms with Crippen molar-refractivity contribution in [2.75, 3.05) is 13.1 Å². The Morgan fingerprint density at radius 3 is 2.23 bits per heavy atom. The van der Waals surface area contributed by atoms with Crippen LogP contribution in [0.15, 0.2) is 29.2 Å². The molecule has 0 spiro atoms. The van der Waals surface area contributed by atoms with Crippen molar-refractivity contribution in [3.63, 3.8) is 0 Å². The van der Waals surface area contributed by atoms with Crippen LogP contribution in [0.5, 0.6) is 0 Å². The van der Waals surface area contributed by atoms with Crippen LogP contribution >= 0.6 is 11.8 Å². The molecule has 122 valence electrons. The molecule has 1 aliphatic rings. The van der Waals surface area contributed by atoms with Crippen LogP contribution in [0.2, 0.25) is 6.82 Å². The van der Waals surface area contributed by atoms with Crippen LogP contribution in [0.3, 0.4) is 0 Å². The van der Waals surface area contributed by atoms with Gasteiger partial charge in [-0.25, -0.2) is 0 Å². The summed E-state index contributed by atoms with van der Waals surface area (Å²) < 4.78 is 0. The predicted octanol–water partition coefficient (Wildman–Crippen LogP) is 3.22. The van der Waals surface area contributed by atoms with Crippen molar-refractivity contribution >= 4 is 18.8 Å². The molecule has 1 unspecified atom stereocenters. The van der Waals surface area contributed by atoms with Gasteiger partial charge in [-0.2, -0.15) is 0 Å². The fourth-order valence-electron chi connectivity index (χ4n) is 3.21. The summed E-state index contributed by atoms with van der Waals surface area (Å²) in [5, 5.41) is 21.2. The van der Waals surface area contributed by atoms with Gasteiger partial charge in [0.2, 0.25) is 0 Å². The second-order valence-corrected chi connectivity index (χ2v) is 8.43. The lowest BCUT2D eigenvalue weighted by atomic mass is 9.74. The molecule has 5 heteroatoms. The van der Waals surface area contributed by atoms with Gasteiger partial charge >= 0.3 is 7.05 Å². The summed E-state index contributed by atoms with van der Waals surface area (Å²) in [6.45, 7) is 9.80. The van der Waals surface area contributed by atoms with Gasteiger partial charge in [0, 0.05) is 10.1 Å². The number of piperidine rings is 1. The monoisotopic (exact) mass is 321 g/mol. The molecule has 0 bridgehead atoms. The van der Waals surface area contributed by atoms with Crippen molar-refractivity contribution in [2.45, 2.75) is 56.2 Å². The van der Waals surface area contributed by atoms with E-state index in [2.05, 4.69) is 42.9 Å². The molecule has 1 heterocycles. The van der Waals surface area contributed by atoms with Gasteiger partial charge in [0.05, 0.1) is 5.60 Å².